The van der Waals surface area contributed by atoms with Gasteiger partial charge >= 0.3 is 16.4 Å². The van der Waals surface area contributed by atoms with E-state index in [-0.39, 0.29) is 13.1 Å². The summed E-state index contributed by atoms with van der Waals surface area (Å²) in [7, 11) is -4.75. The van der Waals surface area contributed by atoms with Gasteiger partial charge in [0.25, 0.3) is 0 Å². The first kappa shape index (κ1) is 12.0. The van der Waals surface area contributed by atoms with Gasteiger partial charge in [0.1, 0.15) is 6.04 Å². The molecule has 3 heterocycles. The first-order chi connectivity index (χ1) is 8.94. The Labute approximate surface area is 106 Å². The van der Waals surface area contributed by atoms with Crippen molar-refractivity contribution in [3.8, 4) is 0 Å². The highest BCUT2D eigenvalue weighted by Crippen LogP contribution is 2.26. The van der Waals surface area contributed by atoms with Crippen LogP contribution in [0.2, 0.25) is 0 Å². The molecule has 1 saturated heterocycles. The quantitative estimate of drug-likeness (QED) is 0.656. The predicted octanol–water partition coefficient (Wildman–Crippen LogP) is -1.63. The number of tetrazole rings is 1. The molecule has 0 aromatic carbocycles. The van der Waals surface area contributed by atoms with Gasteiger partial charge < -0.3 is 4.90 Å². The topological polar surface area (TPSA) is 131 Å². The molecule has 2 aliphatic rings. The SMILES string of the molecule is O=C1N2CC(n3ncnn3)=CC(C2)N1OS(=O)(=O)O. The second kappa shape index (κ2) is 3.97. The van der Waals surface area contributed by atoms with Gasteiger partial charge in [-0.2, -0.15) is 13.5 Å². The van der Waals surface area contributed by atoms with Gasteiger partial charge in [-0.25, -0.2) is 4.79 Å². The molecule has 1 aromatic rings. The average molecular weight is 288 g/mol. The highest BCUT2D eigenvalue weighted by atomic mass is 32.3. The lowest BCUT2D eigenvalue weighted by atomic mass is 10.2. The lowest BCUT2D eigenvalue weighted by Gasteiger charge is -2.19. The lowest BCUT2D eigenvalue weighted by Crippen LogP contribution is -2.35. The number of nitrogens with zero attached hydrogens (tertiary/aromatic N) is 6. The Bertz CT molecular complexity index is 639. The van der Waals surface area contributed by atoms with Crippen LogP contribution in [-0.2, 0) is 14.7 Å². The summed E-state index contributed by atoms with van der Waals surface area (Å²) in [5.74, 6) is 0. The van der Waals surface area contributed by atoms with E-state index in [1.54, 1.807) is 6.08 Å². The van der Waals surface area contributed by atoms with E-state index in [0.717, 1.165) is 0 Å². The number of urea groups is 1. The van der Waals surface area contributed by atoms with Gasteiger partial charge in [-0.1, -0.05) is 0 Å². The van der Waals surface area contributed by atoms with Gasteiger partial charge in [-0.3, -0.25) is 4.55 Å². The molecule has 11 nitrogen and oxygen atoms in total. The fraction of sp³-hybridized carbons (Fsp3) is 0.429. The van der Waals surface area contributed by atoms with E-state index in [1.165, 1.54) is 16.0 Å². The molecular formula is C7H8N6O5S. The van der Waals surface area contributed by atoms with Crippen molar-refractivity contribution < 1.29 is 22.0 Å². The largest absolute Gasteiger partial charge is 0.418 e. The number of aromatic nitrogens is 4. The Morgan fingerprint density at radius 3 is 2.89 bits per heavy atom. The zero-order chi connectivity index (χ0) is 13.6. The Hall–Kier alpha value is -2.05. The number of carbonyl (C=O) groups is 1. The highest BCUT2D eigenvalue weighted by Gasteiger charge is 2.43. The molecule has 12 heteroatoms. The van der Waals surface area contributed by atoms with Crippen molar-refractivity contribution in [2.45, 2.75) is 6.04 Å². The van der Waals surface area contributed by atoms with Crippen molar-refractivity contribution >= 4 is 22.1 Å². The minimum Gasteiger partial charge on any atom is -0.314 e. The molecule has 0 spiro atoms. The molecule has 0 radical (unpaired) electrons. The van der Waals surface area contributed by atoms with Gasteiger partial charge in [0.05, 0.1) is 12.2 Å². The van der Waals surface area contributed by atoms with Gasteiger partial charge in [-0.15, -0.1) is 19.3 Å². The molecule has 2 amide bonds. The standard InChI is InChI=1S/C7H8N6O5S/c14-7-11-2-5(12(7)18-19(15,16)17)1-6(3-11)13-9-4-8-10-13/h1,4-5H,2-3H2,(H,15,16,17). The third-order valence-electron chi connectivity index (χ3n) is 2.69. The highest BCUT2D eigenvalue weighted by molar-refractivity contribution is 7.80. The van der Waals surface area contributed by atoms with Crippen molar-refractivity contribution in [1.82, 2.24) is 30.2 Å². The maximum atomic E-state index is 11.8. The van der Waals surface area contributed by atoms with Crippen LogP contribution in [0.15, 0.2) is 12.4 Å². The van der Waals surface area contributed by atoms with Gasteiger partial charge in [0.15, 0.2) is 6.33 Å². The smallest absolute Gasteiger partial charge is 0.314 e. The van der Waals surface area contributed by atoms with Gasteiger partial charge in [0.2, 0.25) is 0 Å². The second-order valence-corrected chi connectivity index (χ2v) is 4.95. The molecule has 0 aliphatic carbocycles. The second-order valence-electron chi connectivity index (χ2n) is 3.94. The van der Waals surface area contributed by atoms with Crippen LogP contribution in [-0.4, -0.2) is 68.3 Å². The van der Waals surface area contributed by atoms with Crippen molar-refractivity contribution in [3.63, 3.8) is 0 Å². The van der Waals surface area contributed by atoms with Crippen LogP contribution in [0.5, 0.6) is 0 Å². The van der Waals surface area contributed by atoms with Gasteiger partial charge in [0, 0.05) is 6.54 Å². The molecule has 0 saturated carbocycles. The zero-order valence-electron chi connectivity index (χ0n) is 9.32. The van der Waals surface area contributed by atoms with Crippen molar-refractivity contribution in [3.05, 3.63) is 12.4 Å². The summed E-state index contributed by atoms with van der Waals surface area (Å²) < 4.78 is 34.3. The molecule has 1 N–H and O–H groups in total. The molecule has 102 valence electrons. The molecule has 2 bridgehead atoms. The fourth-order valence-corrected chi connectivity index (χ4v) is 2.38. The zero-order valence-corrected chi connectivity index (χ0v) is 10.1. The number of hydrogen-bond acceptors (Lipinski definition) is 7. The first-order valence-corrected chi connectivity index (χ1v) is 6.50. The molecule has 19 heavy (non-hydrogen) atoms. The van der Waals surface area contributed by atoms with E-state index < -0.39 is 22.5 Å². The number of amides is 2. The summed E-state index contributed by atoms with van der Waals surface area (Å²) in [6.45, 7) is 0.448. The number of rotatable bonds is 3. The molecule has 1 unspecified atom stereocenters. The minimum absolute atomic E-state index is 0.191. The minimum atomic E-state index is -4.75. The van der Waals surface area contributed by atoms with Crippen LogP contribution in [0.3, 0.4) is 0 Å². The summed E-state index contributed by atoms with van der Waals surface area (Å²) in [4.78, 5) is 14.4. The van der Waals surface area contributed by atoms with E-state index in [2.05, 4.69) is 19.7 Å². The van der Waals surface area contributed by atoms with E-state index in [0.29, 0.717) is 10.8 Å². The van der Waals surface area contributed by atoms with Crippen LogP contribution < -0.4 is 0 Å². The van der Waals surface area contributed by atoms with Gasteiger partial charge in [-0.05, 0) is 11.3 Å². The number of hydroxylamine groups is 2. The third kappa shape index (κ3) is 2.16. The van der Waals surface area contributed by atoms with Crippen molar-refractivity contribution in [1.29, 1.82) is 0 Å². The molecular weight excluding hydrogens is 280 g/mol. The average Bonchev–Trinajstić information content (AvgIpc) is 2.92. The first-order valence-electron chi connectivity index (χ1n) is 5.13. The Balaban J connectivity index is 1.90. The monoisotopic (exact) mass is 288 g/mol. The molecule has 2 aliphatic heterocycles. The summed E-state index contributed by atoms with van der Waals surface area (Å²) in [5.41, 5.74) is 0.559. The van der Waals surface area contributed by atoms with Crippen LogP contribution in [0, 0.1) is 0 Å². The molecule has 3 rings (SSSR count). The van der Waals surface area contributed by atoms with Crippen LogP contribution in [0.4, 0.5) is 4.79 Å². The lowest BCUT2D eigenvalue weighted by molar-refractivity contribution is -0.0183. The predicted molar refractivity (Wildman–Crippen MR) is 57.3 cm³/mol. The van der Waals surface area contributed by atoms with Crippen molar-refractivity contribution in [2.75, 3.05) is 13.1 Å². The number of hydrogen-bond donors (Lipinski definition) is 1. The maximum Gasteiger partial charge on any atom is 0.418 e. The van der Waals surface area contributed by atoms with E-state index in [4.69, 9.17) is 4.55 Å². The summed E-state index contributed by atoms with van der Waals surface area (Å²) in [6.07, 6.45) is 2.81. The third-order valence-corrected chi connectivity index (χ3v) is 3.03. The number of carbonyl (C=O) groups excluding carboxylic acids is 1. The number of fused-ring (bicyclic) bond motifs is 2. The summed E-state index contributed by atoms with van der Waals surface area (Å²) >= 11 is 0. The molecule has 1 fully saturated rings. The van der Waals surface area contributed by atoms with Crippen LogP contribution >= 0.6 is 0 Å². The summed E-state index contributed by atoms with van der Waals surface area (Å²) in [6, 6.07) is -1.31. The molecule has 1 atom stereocenters. The van der Waals surface area contributed by atoms with E-state index in [1.807, 2.05) is 0 Å². The van der Waals surface area contributed by atoms with E-state index >= 15 is 0 Å². The summed E-state index contributed by atoms with van der Waals surface area (Å²) in [5, 5.41) is 11.6. The fourth-order valence-electron chi connectivity index (χ4n) is 2.00. The Morgan fingerprint density at radius 2 is 2.26 bits per heavy atom. The normalized spacial score (nSPS) is 22.9. The Morgan fingerprint density at radius 1 is 1.47 bits per heavy atom. The molecule has 1 aromatic heterocycles. The van der Waals surface area contributed by atoms with Crippen LogP contribution in [0.1, 0.15) is 0 Å². The van der Waals surface area contributed by atoms with Crippen LogP contribution in [0.25, 0.3) is 5.70 Å². The Kier molecular flexibility index (Phi) is 2.51. The van der Waals surface area contributed by atoms with E-state index in [9.17, 15) is 13.2 Å². The van der Waals surface area contributed by atoms with Crippen molar-refractivity contribution in [2.24, 2.45) is 0 Å². The maximum absolute atomic E-state index is 11.8.